The standard InChI is InChI=1S/C5H13NO.C2H6/c1-2-7-5-3-4-6;1-2/h2-6H2,1H3;1-2H3. The Balaban J connectivity index is 0. The topological polar surface area (TPSA) is 35.2 Å². The average molecular weight is 133 g/mol. The van der Waals surface area contributed by atoms with Crippen molar-refractivity contribution in [1.29, 1.82) is 0 Å². The van der Waals surface area contributed by atoms with Crippen molar-refractivity contribution in [3.8, 4) is 0 Å². The molecule has 0 aliphatic rings. The van der Waals surface area contributed by atoms with Crippen molar-refractivity contribution in [2.24, 2.45) is 5.73 Å². The lowest BCUT2D eigenvalue weighted by Crippen LogP contribution is -2.03. The zero-order chi connectivity index (χ0) is 7.54. The molecule has 0 unspecified atom stereocenters. The van der Waals surface area contributed by atoms with Gasteiger partial charge in [0.05, 0.1) is 0 Å². The van der Waals surface area contributed by atoms with E-state index < -0.39 is 0 Å². The van der Waals surface area contributed by atoms with Gasteiger partial charge in [-0.1, -0.05) is 13.8 Å². The maximum atomic E-state index is 5.19. The van der Waals surface area contributed by atoms with Gasteiger partial charge in [0.1, 0.15) is 0 Å². The second-order valence-corrected chi connectivity index (χ2v) is 1.34. The zero-order valence-electron chi connectivity index (χ0n) is 6.81. The lowest BCUT2D eigenvalue weighted by Gasteiger charge is -1.94. The summed E-state index contributed by atoms with van der Waals surface area (Å²) in [4.78, 5) is 0. The first-order valence-corrected chi connectivity index (χ1v) is 3.69. The van der Waals surface area contributed by atoms with E-state index in [0.29, 0.717) is 0 Å². The maximum absolute atomic E-state index is 5.19. The van der Waals surface area contributed by atoms with Crippen LogP contribution in [-0.4, -0.2) is 19.8 Å². The van der Waals surface area contributed by atoms with Gasteiger partial charge in [-0.05, 0) is 19.9 Å². The van der Waals surface area contributed by atoms with Crippen molar-refractivity contribution >= 4 is 0 Å². The molecule has 0 fully saturated rings. The molecule has 0 amide bonds. The quantitative estimate of drug-likeness (QED) is 0.588. The van der Waals surface area contributed by atoms with Crippen LogP contribution in [0.4, 0.5) is 0 Å². The predicted octanol–water partition coefficient (Wildman–Crippen LogP) is 1.40. The van der Waals surface area contributed by atoms with Gasteiger partial charge in [0.2, 0.25) is 0 Å². The molecule has 0 aromatic heterocycles. The predicted molar refractivity (Wildman–Crippen MR) is 41.5 cm³/mol. The SMILES string of the molecule is CC.CCOCCCN. The second-order valence-electron chi connectivity index (χ2n) is 1.34. The first kappa shape index (κ1) is 11.7. The normalized spacial score (nSPS) is 8.00. The van der Waals surface area contributed by atoms with E-state index >= 15 is 0 Å². The third kappa shape index (κ3) is 18.1. The van der Waals surface area contributed by atoms with Crippen molar-refractivity contribution in [3.05, 3.63) is 0 Å². The molecule has 9 heavy (non-hydrogen) atoms. The summed E-state index contributed by atoms with van der Waals surface area (Å²) in [7, 11) is 0. The molecule has 0 radical (unpaired) electrons. The lowest BCUT2D eigenvalue weighted by molar-refractivity contribution is 0.146. The van der Waals surface area contributed by atoms with E-state index in [0.717, 1.165) is 26.2 Å². The smallest absolute Gasteiger partial charge is 0.0477 e. The molecule has 58 valence electrons. The van der Waals surface area contributed by atoms with Crippen molar-refractivity contribution < 1.29 is 4.74 Å². The van der Waals surface area contributed by atoms with Gasteiger partial charge < -0.3 is 10.5 Å². The molecule has 0 aliphatic carbocycles. The van der Waals surface area contributed by atoms with Gasteiger partial charge in [0.15, 0.2) is 0 Å². The number of rotatable bonds is 4. The second kappa shape index (κ2) is 15.7. The Kier molecular flexibility index (Phi) is 20.3. The minimum Gasteiger partial charge on any atom is -0.382 e. The Morgan fingerprint density at radius 1 is 1.33 bits per heavy atom. The summed E-state index contributed by atoms with van der Waals surface area (Å²) in [6.45, 7) is 8.34. The third-order valence-corrected chi connectivity index (χ3v) is 0.697. The monoisotopic (exact) mass is 133 g/mol. The average Bonchev–Trinajstić information content (AvgIpc) is 1.94. The molecule has 0 aromatic rings. The third-order valence-electron chi connectivity index (χ3n) is 0.697. The molecule has 0 bridgehead atoms. The van der Waals surface area contributed by atoms with Crippen LogP contribution in [0.5, 0.6) is 0 Å². The van der Waals surface area contributed by atoms with Crippen LogP contribution in [0.1, 0.15) is 27.2 Å². The lowest BCUT2D eigenvalue weighted by atomic mass is 10.5. The highest BCUT2D eigenvalue weighted by Crippen LogP contribution is 1.75. The van der Waals surface area contributed by atoms with Crippen LogP contribution in [0, 0.1) is 0 Å². The van der Waals surface area contributed by atoms with E-state index in [1.165, 1.54) is 0 Å². The summed E-state index contributed by atoms with van der Waals surface area (Å²) in [5, 5.41) is 0. The highest BCUT2D eigenvalue weighted by Gasteiger charge is 1.78. The van der Waals surface area contributed by atoms with E-state index in [4.69, 9.17) is 10.5 Å². The van der Waals surface area contributed by atoms with Crippen molar-refractivity contribution in [1.82, 2.24) is 0 Å². The zero-order valence-corrected chi connectivity index (χ0v) is 6.81. The van der Waals surface area contributed by atoms with Crippen LogP contribution in [0.2, 0.25) is 0 Å². The Morgan fingerprint density at radius 3 is 2.22 bits per heavy atom. The molecule has 0 rings (SSSR count). The van der Waals surface area contributed by atoms with Crippen molar-refractivity contribution in [2.75, 3.05) is 19.8 Å². The highest BCUT2D eigenvalue weighted by molar-refractivity contribution is 4.32. The van der Waals surface area contributed by atoms with E-state index in [1.807, 2.05) is 20.8 Å². The summed E-state index contributed by atoms with van der Waals surface area (Å²) < 4.78 is 4.99. The fourth-order valence-corrected chi connectivity index (χ4v) is 0.330. The van der Waals surface area contributed by atoms with E-state index in [-0.39, 0.29) is 0 Å². The molecule has 2 heteroatoms. The first-order chi connectivity index (χ1) is 4.41. The highest BCUT2D eigenvalue weighted by atomic mass is 16.5. The fraction of sp³-hybridized carbons (Fsp3) is 1.00. The van der Waals surface area contributed by atoms with Gasteiger partial charge >= 0.3 is 0 Å². The largest absolute Gasteiger partial charge is 0.382 e. The van der Waals surface area contributed by atoms with Gasteiger partial charge in [0.25, 0.3) is 0 Å². The Hall–Kier alpha value is -0.0800. The minimum absolute atomic E-state index is 0.736. The van der Waals surface area contributed by atoms with Crippen LogP contribution in [0.15, 0.2) is 0 Å². The molecule has 0 aliphatic heterocycles. The van der Waals surface area contributed by atoms with Crippen LogP contribution in [-0.2, 0) is 4.74 Å². The van der Waals surface area contributed by atoms with Gasteiger partial charge in [-0.15, -0.1) is 0 Å². The Bertz CT molecular complexity index is 28.1. The molecule has 0 atom stereocenters. The summed E-state index contributed by atoms with van der Waals surface area (Å²) >= 11 is 0. The van der Waals surface area contributed by atoms with E-state index in [1.54, 1.807) is 0 Å². The molecular weight excluding hydrogens is 114 g/mol. The molecule has 2 N–H and O–H groups in total. The van der Waals surface area contributed by atoms with Crippen molar-refractivity contribution in [2.45, 2.75) is 27.2 Å². The van der Waals surface area contributed by atoms with E-state index in [9.17, 15) is 0 Å². The fourth-order valence-electron chi connectivity index (χ4n) is 0.330. The summed E-state index contributed by atoms with van der Waals surface area (Å²) in [5.74, 6) is 0. The minimum atomic E-state index is 0.736. The number of nitrogens with two attached hydrogens (primary N) is 1. The van der Waals surface area contributed by atoms with Crippen LogP contribution >= 0.6 is 0 Å². The molecular formula is C7H19NO. The van der Waals surface area contributed by atoms with Gasteiger partial charge in [-0.25, -0.2) is 0 Å². The number of ether oxygens (including phenoxy) is 1. The van der Waals surface area contributed by atoms with Gasteiger partial charge in [-0.2, -0.15) is 0 Å². The number of hydrogen-bond acceptors (Lipinski definition) is 2. The van der Waals surface area contributed by atoms with Gasteiger partial charge in [-0.3, -0.25) is 0 Å². The Morgan fingerprint density at radius 2 is 1.89 bits per heavy atom. The first-order valence-electron chi connectivity index (χ1n) is 3.69. The molecule has 2 nitrogen and oxygen atoms in total. The maximum Gasteiger partial charge on any atom is 0.0477 e. The number of hydrogen-bond donors (Lipinski definition) is 1. The molecule has 0 spiro atoms. The summed E-state index contributed by atoms with van der Waals surface area (Å²) in [6.07, 6.45) is 0.980. The van der Waals surface area contributed by atoms with Crippen LogP contribution in [0.3, 0.4) is 0 Å². The van der Waals surface area contributed by atoms with Crippen LogP contribution in [0.25, 0.3) is 0 Å². The summed E-state index contributed by atoms with van der Waals surface area (Å²) in [5.41, 5.74) is 5.19. The molecule has 0 heterocycles. The van der Waals surface area contributed by atoms with Crippen LogP contribution < -0.4 is 5.73 Å². The summed E-state index contributed by atoms with van der Waals surface area (Å²) in [6, 6.07) is 0. The molecule has 0 aromatic carbocycles. The van der Waals surface area contributed by atoms with Gasteiger partial charge in [0, 0.05) is 13.2 Å². The van der Waals surface area contributed by atoms with E-state index in [2.05, 4.69) is 0 Å². The Labute approximate surface area is 58.4 Å². The molecule has 0 saturated heterocycles. The van der Waals surface area contributed by atoms with Crippen molar-refractivity contribution in [3.63, 3.8) is 0 Å². The molecule has 0 saturated carbocycles.